The third-order valence-electron chi connectivity index (χ3n) is 2.63. The van der Waals surface area contributed by atoms with E-state index in [0.717, 1.165) is 12.3 Å². The zero-order chi connectivity index (χ0) is 11.3. The lowest BCUT2D eigenvalue weighted by Gasteiger charge is -2.19. The molecule has 1 atom stereocenters. The molecule has 1 heteroatoms. The molecule has 0 fully saturated rings. The average Bonchev–Trinajstić information content (AvgIpc) is 2.17. The van der Waals surface area contributed by atoms with E-state index in [9.17, 15) is 0 Å². The first-order valence-electron chi connectivity index (χ1n) is 5.98. The highest BCUT2D eigenvalue weighted by Gasteiger charge is 2.06. The van der Waals surface area contributed by atoms with Gasteiger partial charge < -0.3 is 5.32 Å². The summed E-state index contributed by atoms with van der Waals surface area (Å²) in [6.07, 6.45) is 2.32. The normalized spacial score (nSPS) is 12.9. The molecule has 0 aromatic heterocycles. The second-order valence-electron chi connectivity index (χ2n) is 4.69. The minimum Gasteiger partial charge on any atom is -0.382 e. The minimum absolute atomic E-state index is 0.553. The summed E-state index contributed by atoms with van der Waals surface area (Å²) in [7, 11) is 0. The Bertz CT molecular complexity index is 291. The Balaban J connectivity index is 2.63. The van der Waals surface area contributed by atoms with E-state index < -0.39 is 0 Å². The maximum Gasteiger partial charge on any atom is 0.0374 e. The van der Waals surface area contributed by atoms with E-state index >= 15 is 0 Å². The molecule has 0 aliphatic carbocycles. The number of hydrogen-bond acceptors (Lipinski definition) is 1. The monoisotopic (exact) mass is 205 g/mol. The van der Waals surface area contributed by atoms with E-state index in [4.69, 9.17) is 0 Å². The quantitative estimate of drug-likeness (QED) is 0.763. The van der Waals surface area contributed by atoms with Gasteiger partial charge in [0.2, 0.25) is 0 Å². The predicted molar refractivity (Wildman–Crippen MR) is 68.4 cm³/mol. The summed E-state index contributed by atoms with van der Waals surface area (Å²) in [6, 6.07) is 9.14. The van der Waals surface area contributed by atoms with Gasteiger partial charge in [0.25, 0.3) is 0 Å². The second kappa shape index (κ2) is 5.79. The third-order valence-corrected chi connectivity index (χ3v) is 2.63. The molecule has 0 radical (unpaired) electrons. The molecule has 84 valence electrons. The van der Waals surface area contributed by atoms with E-state index in [-0.39, 0.29) is 0 Å². The summed E-state index contributed by atoms with van der Waals surface area (Å²) in [5.41, 5.74) is 2.71. The van der Waals surface area contributed by atoms with Gasteiger partial charge in [-0.25, -0.2) is 0 Å². The van der Waals surface area contributed by atoms with Crippen molar-refractivity contribution in [3.63, 3.8) is 0 Å². The van der Waals surface area contributed by atoms with Gasteiger partial charge in [-0.05, 0) is 37.3 Å². The van der Waals surface area contributed by atoms with Gasteiger partial charge >= 0.3 is 0 Å². The van der Waals surface area contributed by atoms with Crippen LogP contribution in [0, 0.1) is 5.92 Å². The van der Waals surface area contributed by atoms with Crippen molar-refractivity contribution < 1.29 is 0 Å². The number of para-hydroxylation sites is 1. The van der Waals surface area contributed by atoms with Crippen molar-refractivity contribution in [1.29, 1.82) is 0 Å². The van der Waals surface area contributed by atoms with Crippen LogP contribution >= 0.6 is 0 Å². The molecule has 0 saturated heterocycles. The maximum atomic E-state index is 3.59. The molecule has 0 amide bonds. The topological polar surface area (TPSA) is 12.0 Å². The van der Waals surface area contributed by atoms with Crippen LogP contribution in [0.5, 0.6) is 0 Å². The Morgan fingerprint density at radius 2 is 1.80 bits per heavy atom. The Kier molecular flexibility index (Phi) is 4.67. The molecule has 0 heterocycles. The van der Waals surface area contributed by atoms with E-state index in [1.165, 1.54) is 17.7 Å². The standard InChI is InChI=1S/C14H23N/c1-5-13-8-6-7-9-14(13)15-12(4)10-11(2)3/h6-9,11-12,15H,5,10H2,1-4H3/t12-/m0/s1. The van der Waals surface area contributed by atoms with Gasteiger partial charge in [0, 0.05) is 11.7 Å². The third kappa shape index (κ3) is 3.94. The van der Waals surface area contributed by atoms with Gasteiger partial charge in [-0.2, -0.15) is 0 Å². The van der Waals surface area contributed by atoms with E-state index in [2.05, 4.69) is 57.3 Å². The first-order chi connectivity index (χ1) is 7.13. The van der Waals surface area contributed by atoms with Crippen molar-refractivity contribution in [1.82, 2.24) is 0 Å². The van der Waals surface area contributed by atoms with Crippen LogP contribution in [0.2, 0.25) is 0 Å². The molecule has 1 aromatic carbocycles. The number of rotatable bonds is 5. The van der Waals surface area contributed by atoms with Gasteiger partial charge in [0.1, 0.15) is 0 Å². The average molecular weight is 205 g/mol. The Morgan fingerprint density at radius 1 is 1.13 bits per heavy atom. The van der Waals surface area contributed by atoms with Crippen molar-refractivity contribution in [2.45, 2.75) is 46.6 Å². The van der Waals surface area contributed by atoms with E-state index in [0.29, 0.717) is 6.04 Å². The molecule has 0 bridgehead atoms. The van der Waals surface area contributed by atoms with Crippen LogP contribution in [0.1, 0.15) is 39.7 Å². The predicted octanol–water partition coefficient (Wildman–Crippen LogP) is 4.10. The van der Waals surface area contributed by atoms with Gasteiger partial charge in [-0.15, -0.1) is 0 Å². The summed E-state index contributed by atoms with van der Waals surface area (Å²) in [5, 5.41) is 3.59. The Hall–Kier alpha value is -0.980. The van der Waals surface area contributed by atoms with Crippen LogP contribution in [0.3, 0.4) is 0 Å². The van der Waals surface area contributed by atoms with Crippen LogP contribution in [-0.2, 0) is 6.42 Å². The van der Waals surface area contributed by atoms with Crippen molar-refractivity contribution in [3.8, 4) is 0 Å². The maximum absolute atomic E-state index is 3.59. The van der Waals surface area contributed by atoms with Gasteiger partial charge in [-0.3, -0.25) is 0 Å². The molecule has 0 spiro atoms. The number of anilines is 1. The largest absolute Gasteiger partial charge is 0.382 e. The summed E-state index contributed by atoms with van der Waals surface area (Å²) in [6.45, 7) is 8.99. The molecular weight excluding hydrogens is 182 g/mol. The summed E-state index contributed by atoms with van der Waals surface area (Å²) < 4.78 is 0. The lowest BCUT2D eigenvalue weighted by Crippen LogP contribution is -2.18. The minimum atomic E-state index is 0.553. The van der Waals surface area contributed by atoms with Crippen LogP contribution in [0.15, 0.2) is 24.3 Å². The SMILES string of the molecule is CCc1ccccc1N[C@@H](C)CC(C)C. The fraction of sp³-hybridized carbons (Fsp3) is 0.571. The highest BCUT2D eigenvalue weighted by Crippen LogP contribution is 2.18. The summed E-state index contributed by atoms with van der Waals surface area (Å²) in [4.78, 5) is 0. The molecule has 0 saturated carbocycles. The molecule has 1 aromatic rings. The van der Waals surface area contributed by atoms with Gasteiger partial charge in [0.15, 0.2) is 0 Å². The van der Waals surface area contributed by atoms with Crippen LogP contribution < -0.4 is 5.32 Å². The molecule has 15 heavy (non-hydrogen) atoms. The first-order valence-corrected chi connectivity index (χ1v) is 5.98. The Morgan fingerprint density at radius 3 is 2.40 bits per heavy atom. The molecular formula is C14H23N. The molecule has 1 rings (SSSR count). The Labute approximate surface area is 93.9 Å². The van der Waals surface area contributed by atoms with Crippen LogP contribution in [0.4, 0.5) is 5.69 Å². The summed E-state index contributed by atoms with van der Waals surface area (Å²) in [5.74, 6) is 0.751. The zero-order valence-electron chi connectivity index (χ0n) is 10.4. The number of aryl methyl sites for hydroxylation is 1. The van der Waals surface area contributed by atoms with Gasteiger partial charge in [-0.1, -0.05) is 39.0 Å². The fourth-order valence-corrected chi connectivity index (χ4v) is 2.00. The number of nitrogens with one attached hydrogen (secondary N) is 1. The fourth-order valence-electron chi connectivity index (χ4n) is 2.00. The lowest BCUT2D eigenvalue weighted by molar-refractivity contribution is 0.539. The lowest BCUT2D eigenvalue weighted by atomic mass is 10.0. The molecule has 1 N–H and O–H groups in total. The van der Waals surface area contributed by atoms with Gasteiger partial charge in [0.05, 0.1) is 0 Å². The van der Waals surface area contributed by atoms with E-state index in [1.54, 1.807) is 0 Å². The zero-order valence-corrected chi connectivity index (χ0v) is 10.4. The first kappa shape index (κ1) is 12.1. The van der Waals surface area contributed by atoms with Crippen molar-refractivity contribution >= 4 is 5.69 Å². The van der Waals surface area contributed by atoms with Crippen LogP contribution in [0.25, 0.3) is 0 Å². The van der Waals surface area contributed by atoms with Crippen molar-refractivity contribution in [3.05, 3.63) is 29.8 Å². The summed E-state index contributed by atoms with van der Waals surface area (Å²) >= 11 is 0. The second-order valence-corrected chi connectivity index (χ2v) is 4.69. The number of benzene rings is 1. The molecule has 0 unspecified atom stereocenters. The number of hydrogen-bond donors (Lipinski definition) is 1. The highest BCUT2D eigenvalue weighted by molar-refractivity contribution is 5.51. The molecule has 0 aliphatic heterocycles. The molecule has 0 aliphatic rings. The smallest absolute Gasteiger partial charge is 0.0374 e. The van der Waals surface area contributed by atoms with Crippen molar-refractivity contribution in [2.75, 3.05) is 5.32 Å². The van der Waals surface area contributed by atoms with E-state index in [1.807, 2.05) is 0 Å². The highest BCUT2D eigenvalue weighted by atomic mass is 14.9. The molecule has 1 nitrogen and oxygen atoms in total. The van der Waals surface area contributed by atoms with Crippen LogP contribution in [-0.4, -0.2) is 6.04 Å². The van der Waals surface area contributed by atoms with Crippen molar-refractivity contribution in [2.24, 2.45) is 5.92 Å².